The molecule has 2 unspecified atom stereocenters. The molecular weight excluding hydrogens is 340 g/mol. The van der Waals surface area contributed by atoms with Gasteiger partial charge in [-0.05, 0) is 44.7 Å². The highest BCUT2D eigenvalue weighted by molar-refractivity contribution is 5.83. The molecule has 6 nitrogen and oxygen atoms in total. The number of fused-ring (bicyclic) bond motifs is 1. The van der Waals surface area contributed by atoms with Crippen molar-refractivity contribution in [3.63, 3.8) is 0 Å². The van der Waals surface area contributed by atoms with Crippen molar-refractivity contribution in [2.45, 2.75) is 45.3 Å². The maximum absolute atomic E-state index is 5.89. The van der Waals surface area contributed by atoms with Gasteiger partial charge in [-0.3, -0.25) is 4.99 Å². The molecule has 1 aromatic carbocycles. The van der Waals surface area contributed by atoms with Crippen LogP contribution in [0.25, 0.3) is 10.9 Å². The molecule has 2 heterocycles. The first kappa shape index (κ1) is 19.7. The summed E-state index contributed by atoms with van der Waals surface area (Å²) < 4.78 is 11.2. The van der Waals surface area contributed by atoms with Crippen LogP contribution in [0.3, 0.4) is 0 Å². The van der Waals surface area contributed by atoms with Crippen LogP contribution in [0.1, 0.15) is 32.3 Å². The number of rotatable bonds is 9. The summed E-state index contributed by atoms with van der Waals surface area (Å²) >= 11 is 0. The Morgan fingerprint density at radius 1 is 1.41 bits per heavy atom. The minimum Gasteiger partial charge on any atom is -0.379 e. The second-order valence-electron chi connectivity index (χ2n) is 7.09. The highest BCUT2D eigenvalue weighted by Gasteiger charge is 2.17. The Labute approximate surface area is 161 Å². The Hall–Kier alpha value is -2.05. The Morgan fingerprint density at radius 3 is 3.11 bits per heavy atom. The van der Waals surface area contributed by atoms with Crippen LogP contribution < -0.4 is 10.6 Å². The Balaban J connectivity index is 1.43. The molecule has 1 aliphatic heterocycles. The number of para-hydroxylation sites is 1. The van der Waals surface area contributed by atoms with Gasteiger partial charge in [-0.25, -0.2) is 0 Å². The molecule has 27 heavy (non-hydrogen) atoms. The monoisotopic (exact) mass is 372 g/mol. The lowest BCUT2D eigenvalue weighted by atomic mass is 10.1. The van der Waals surface area contributed by atoms with E-state index in [-0.39, 0.29) is 12.1 Å². The zero-order valence-corrected chi connectivity index (χ0v) is 16.5. The molecule has 2 atom stereocenters. The van der Waals surface area contributed by atoms with Gasteiger partial charge in [-0.2, -0.15) is 0 Å². The first-order valence-electron chi connectivity index (χ1n) is 10.1. The van der Waals surface area contributed by atoms with Crippen LogP contribution in [0.4, 0.5) is 0 Å². The lowest BCUT2D eigenvalue weighted by Gasteiger charge is -2.19. The summed E-state index contributed by atoms with van der Waals surface area (Å²) in [6.07, 6.45) is 5.39. The van der Waals surface area contributed by atoms with Crippen molar-refractivity contribution in [1.29, 1.82) is 0 Å². The van der Waals surface area contributed by atoms with Crippen molar-refractivity contribution >= 4 is 16.9 Å². The molecule has 0 bridgehead atoms. The molecule has 0 aliphatic carbocycles. The zero-order valence-electron chi connectivity index (χ0n) is 16.5. The number of aromatic nitrogens is 1. The van der Waals surface area contributed by atoms with Gasteiger partial charge in [0.2, 0.25) is 0 Å². The predicted molar refractivity (Wildman–Crippen MR) is 110 cm³/mol. The highest BCUT2D eigenvalue weighted by atomic mass is 16.5. The summed E-state index contributed by atoms with van der Waals surface area (Å²) in [5.74, 6) is 0.857. The van der Waals surface area contributed by atoms with E-state index in [1.807, 2.05) is 0 Å². The number of guanidine groups is 1. The average molecular weight is 373 g/mol. The molecule has 1 saturated heterocycles. The van der Waals surface area contributed by atoms with Crippen LogP contribution in [-0.2, 0) is 15.9 Å². The van der Waals surface area contributed by atoms with Crippen molar-refractivity contribution < 1.29 is 9.47 Å². The number of ether oxygens (including phenoxy) is 2. The predicted octanol–water partition coefficient (Wildman–Crippen LogP) is 2.85. The first-order chi connectivity index (χ1) is 13.3. The second-order valence-corrected chi connectivity index (χ2v) is 7.09. The molecule has 1 aliphatic rings. The smallest absolute Gasteiger partial charge is 0.191 e. The van der Waals surface area contributed by atoms with Crippen LogP contribution in [0, 0.1) is 0 Å². The number of aromatic amines is 1. The van der Waals surface area contributed by atoms with E-state index < -0.39 is 0 Å². The number of benzene rings is 1. The Morgan fingerprint density at radius 2 is 2.30 bits per heavy atom. The van der Waals surface area contributed by atoms with Gasteiger partial charge in [0.15, 0.2) is 5.96 Å². The van der Waals surface area contributed by atoms with Crippen LogP contribution in [-0.4, -0.2) is 56.0 Å². The minimum absolute atomic E-state index is 0.206. The van der Waals surface area contributed by atoms with E-state index in [2.05, 4.69) is 59.9 Å². The lowest BCUT2D eigenvalue weighted by molar-refractivity contribution is 0.0347. The van der Waals surface area contributed by atoms with Gasteiger partial charge in [-0.15, -0.1) is 0 Å². The summed E-state index contributed by atoms with van der Waals surface area (Å²) in [5.41, 5.74) is 2.56. The normalized spacial score (nSPS) is 18.7. The number of nitrogens with one attached hydrogen (secondary N) is 3. The van der Waals surface area contributed by atoms with Crippen LogP contribution >= 0.6 is 0 Å². The summed E-state index contributed by atoms with van der Waals surface area (Å²) in [6, 6.07) is 8.65. The van der Waals surface area contributed by atoms with Gasteiger partial charge < -0.3 is 25.1 Å². The summed E-state index contributed by atoms with van der Waals surface area (Å²) in [6.45, 7) is 8.03. The summed E-state index contributed by atoms with van der Waals surface area (Å²) in [5, 5.41) is 8.06. The van der Waals surface area contributed by atoms with Gasteiger partial charge in [0.05, 0.1) is 19.3 Å². The zero-order chi connectivity index (χ0) is 18.9. The number of aryl methyl sites for hydroxylation is 1. The molecular formula is C21H32N4O2. The van der Waals surface area contributed by atoms with E-state index in [4.69, 9.17) is 14.5 Å². The highest BCUT2D eigenvalue weighted by Crippen LogP contribution is 2.18. The largest absolute Gasteiger partial charge is 0.379 e. The van der Waals surface area contributed by atoms with Crippen LogP contribution in [0.2, 0.25) is 0 Å². The van der Waals surface area contributed by atoms with E-state index >= 15 is 0 Å². The molecule has 148 valence electrons. The third-order valence-electron chi connectivity index (χ3n) is 4.75. The average Bonchev–Trinajstić information content (AvgIpc) is 3.34. The molecule has 0 spiro atoms. The molecule has 0 saturated carbocycles. The van der Waals surface area contributed by atoms with E-state index in [0.717, 1.165) is 44.9 Å². The molecule has 3 rings (SSSR count). The first-order valence-corrected chi connectivity index (χ1v) is 10.1. The Bertz CT molecular complexity index is 722. The van der Waals surface area contributed by atoms with E-state index in [9.17, 15) is 0 Å². The SMILES string of the molecule is CCNC(=NCCCc1c[nH]c2ccccc12)NC(C)COC1CCOC1. The molecule has 3 N–H and O–H groups in total. The van der Waals surface area contributed by atoms with Gasteiger partial charge in [0.25, 0.3) is 0 Å². The molecule has 2 aromatic rings. The fourth-order valence-corrected chi connectivity index (χ4v) is 3.32. The van der Waals surface area contributed by atoms with Gasteiger partial charge >= 0.3 is 0 Å². The number of hydrogen-bond acceptors (Lipinski definition) is 3. The van der Waals surface area contributed by atoms with Crippen LogP contribution in [0.5, 0.6) is 0 Å². The van der Waals surface area contributed by atoms with Crippen molar-refractivity contribution in [2.24, 2.45) is 4.99 Å². The molecule has 6 heteroatoms. The maximum Gasteiger partial charge on any atom is 0.191 e. The van der Waals surface area contributed by atoms with Crippen molar-refractivity contribution in [2.75, 3.05) is 32.9 Å². The fraction of sp³-hybridized carbons (Fsp3) is 0.571. The molecule has 0 radical (unpaired) electrons. The second kappa shape index (κ2) is 10.3. The van der Waals surface area contributed by atoms with Crippen molar-refractivity contribution in [3.05, 3.63) is 36.0 Å². The number of hydrogen-bond donors (Lipinski definition) is 3. The van der Waals surface area contributed by atoms with E-state index in [1.165, 1.54) is 16.5 Å². The van der Waals surface area contributed by atoms with Gasteiger partial charge in [0.1, 0.15) is 0 Å². The minimum atomic E-state index is 0.206. The lowest BCUT2D eigenvalue weighted by Crippen LogP contribution is -2.44. The van der Waals surface area contributed by atoms with Gasteiger partial charge in [0, 0.05) is 42.8 Å². The standard InChI is InChI=1S/C21H32N4O2/c1-3-22-21(25-16(2)14-27-18-10-12-26-15-18)23-11-6-7-17-13-24-20-9-5-4-8-19(17)20/h4-5,8-9,13,16,18,24H,3,6-7,10-12,14-15H2,1-2H3,(H2,22,23,25). The Kier molecular flexibility index (Phi) is 7.54. The molecule has 1 fully saturated rings. The number of aliphatic imine (C=N–C) groups is 1. The van der Waals surface area contributed by atoms with Crippen molar-refractivity contribution in [3.8, 4) is 0 Å². The van der Waals surface area contributed by atoms with Crippen molar-refractivity contribution in [1.82, 2.24) is 15.6 Å². The van der Waals surface area contributed by atoms with E-state index in [0.29, 0.717) is 13.2 Å². The van der Waals surface area contributed by atoms with Crippen LogP contribution in [0.15, 0.2) is 35.5 Å². The number of nitrogens with zero attached hydrogens (tertiary/aromatic N) is 1. The quantitative estimate of drug-likeness (QED) is 0.360. The van der Waals surface area contributed by atoms with E-state index in [1.54, 1.807) is 0 Å². The third-order valence-corrected chi connectivity index (χ3v) is 4.75. The topological polar surface area (TPSA) is 70.7 Å². The summed E-state index contributed by atoms with van der Waals surface area (Å²) in [4.78, 5) is 8.05. The third kappa shape index (κ3) is 5.97. The van der Waals surface area contributed by atoms with Gasteiger partial charge in [-0.1, -0.05) is 18.2 Å². The fourth-order valence-electron chi connectivity index (χ4n) is 3.32. The number of H-pyrrole nitrogens is 1. The maximum atomic E-state index is 5.89. The molecule has 1 aromatic heterocycles. The molecule has 0 amide bonds. The summed E-state index contributed by atoms with van der Waals surface area (Å²) in [7, 11) is 0.